The summed E-state index contributed by atoms with van der Waals surface area (Å²) in [7, 11) is 0. The Morgan fingerprint density at radius 3 is 2.33 bits per heavy atom. The van der Waals surface area contributed by atoms with E-state index in [-0.39, 0.29) is 5.48 Å². The van der Waals surface area contributed by atoms with Crippen molar-refractivity contribution in [2.45, 2.75) is 45.4 Å². The molecule has 2 aromatic carbocycles. The molecule has 0 spiro atoms. The van der Waals surface area contributed by atoms with Crippen molar-refractivity contribution < 1.29 is 5.48 Å². The Morgan fingerprint density at radius 1 is 0.778 bits per heavy atom. The smallest absolute Gasteiger partial charge is 0.0152 e. The largest absolute Gasteiger partial charge is 0.412 e. The molecule has 2 N–H and O–H groups in total. The first-order valence-corrected chi connectivity index (χ1v) is 6.88. The number of unbranched alkanes of at least 4 members (excludes halogenated alkanes) is 4. The van der Waals surface area contributed by atoms with Gasteiger partial charge in [-0.15, -0.1) is 0 Å². The van der Waals surface area contributed by atoms with Crippen molar-refractivity contribution in [2.75, 3.05) is 0 Å². The molecule has 0 heterocycles. The third-order valence-electron chi connectivity index (χ3n) is 3.43. The maximum atomic E-state index is 2.28. The first-order valence-electron chi connectivity index (χ1n) is 6.88. The van der Waals surface area contributed by atoms with Crippen LogP contribution in [0.4, 0.5) is 0 Å². The van der Waals surface area contributed by atoms with Crippen molar-refractivity contribution in [3.8, 4) is 0 Å². The van der Waals surface area contributed by atoms with E-state index < -0.39 is 0 Å². The topological polar surface area (TPSA) is 31.5 Å². The van der Waals surface area contributed by atoms with Gasteiger partial charge in [0.05, 0.1) is 0 Å². The molecule has 98 valence electrons. The second-order valence-corrected chi connectivity index (χ2v) is 4.80. The van der Waals surface area contributed by atoms with Crippen LogP contribution in [0.25, 0.3) is 10.8 Å². The Morgan fingerprint density at radius 2 is 1.50 bits per heavy atom. The van der Waals surface area contributed by atoms with Crippen LogP contribution in [0.2, 0.25) is 0 Å². The van der Waals surface area contributed by atoms with E-state index in [2.05, 4.69) is 49.4 Å². The van der Waals surface area contributed by atoms with Gasteiger partial charge < -0.3 is 5.48 Å². The highest BCUT2D eigenvalue weighted by atomic mass is 16.0. The molecule has 1 nitrogen and oxygen atoms in total. The lowest BCUT2D eigenvalue weighted by Crippen LogP contribution is -1.88. The Balaban J connectivity index is 0.00000162. The molecule has 0 aliphatic rings. The molecule has 18 heavy (non-hydrogen) atoms. The number of aryl methyl sites for hydroxylation is 1. The van der Waals surface area contributed by atoms with Crippen molar-refractivity contribution in [1.82, 2.24) is 0 Å². The van der Waals surface area contributed by atoms with Crippen molar-refractivity contribution in [1.29, 1.82) is 0 Å². The van der Waals surface area contributed by atoms with Crippen LogP contribution in [0.15, 0.2) is 42.5 Å². The van der Waals surface area contributed by atoms with E-state index in [1.165, 1.54) is 54.9 Å². The van der Waals surface area contributed by atoms with Crippen LogP contribution in [0.1, 0.15) is 44.6 Å². The van der Waals surface area contributed by atoms with Crippen LogP contribution < -0.4 is 0 Å². The number of hydrogen-bond acceptors (Lipinski definition) is 0. The highest BCUT2D eigenvalue weighted by molar-refractivity contribution is 5.85. The average Bonchev–Trinajstić information content (AvgIpc) is 2.39. The molecule has 0 aliphatic heterocycles. The Kier molecular flexibility index (Phi) is 6.45. The minimum atomic E-state index is 0. The highest BCUT2D eigenvalue weighted by Gasteiger charge is 1.99. The lowest BCUT2D eigenvalue weighted by molar-refractivity contribution is 0.633. The van der Waals surface area contributed by atoms with E-state index in [1.807, 2.05) is 0 Å². The van der Waals surface area contributed by atoms with Crippen LogP contribution in [-0.4, -0.2) is 5.48 Å². The van der Waals surface area contributed by atoms with Gasteiger partial charge >= 0.3 is 0 Å². The molecule has 0 radical (unpaired) electrons. The van der Waals surface area contributed by atoms with Gasteiger partial charge in [0.15, 0.2) is 0 Å². The predicted molar refractivity (Wildman–Crippen MR) is 80.0 cm³/mol. The third-order valence-corrected chi connectivity index (χ3v) is 3.43. The SMILES string of the molecule is CCCCCCCc1cccc2ccccc12.O. The number of fused-ring (bicyclic) bond motifs is 1. The predicted octanol–water partition coefficient (Wildman–Crippen LogP) is 4.53. The normalized spacial score (nSPS) is 10.3. The maximum Gasteiger partial charge on any atom is -0.0152 e. The molecule has 0 atom stereocenters. The molecule has 0 aromatic heterocycles. The van der Waals surface area contributed by atoms with E-state index in [4.69, 9.17) is 0 Å². The fourth-order valence-electron chi connectivity index (χ4n) is 2.43. The van der Waals surface area contributed by atoms with Crippen molar-refractivity contribution in [3.63, 3.8) is 0 Å². The van der Waals surface area contributed by atoms with Crippen LogP contribution in [0.3, 0.4) is 0 Å². The van der Waals surface area contributed by atoms with E-state index in [9.17, 15) is 0 Å². The van der Waals surface area contributed by atoms with Crippen molar-refractivity contribution in [2.24, 2.45) is 0 Å². The summed E-state index contributed by atoms with van der Waals surface area (Å²) in [4.78, 5) is 0. The molecule has 2 rings (SSSR count). The zero-order valence-corrected chi connectivity index (χ0v) is 11.3. The van der Waals surface area contributed by atoms with E-state index in [1.54, 1.807) is 0 Å². The van der Waals surface area contributed by atoms with Gasteiger partial charge in [-0.05, 0) is 29.2 Å². The monoisotopic (exact) mass is 244 g/mol. The van der Waals surface area contributed by atoms with Gasteiger partial charge in [0.1, 0.15) is 0 Å². The minimum absolute atomic E-state index is 0. The Bertz CT molecular complexity index is 457. The molecule has 0 fully saturated rings. The lowest BCUT2D eigenvalue weighted by atomic mass is 9.99. The van der Waals surface area contributed by atoms with Crippen LogP contribution >= 0.6 is 0 Å². The van der Waals surface area contributed by atoms with Crippen molar-refractivity contribution in [3.05, 3.63) is 48.0 Å². The quantitative estimate of drug-likeness (QED) is 0.669. The maximum absolute atomic E-state index is 2.28. The third kappa shape index (κ3) is 3.85. The number of rotatable bonds is 6. The standard InChI is InChI=1S/C17H22.H2O/c1-2-3-4-5-6-10-15-12-9-13-16-11-7-8-14-17(15)16;/h7-9,11-14H,2-6,10H2,1H3;1H2. The zero-order chi connectivity index (χ0) is 11.9. The molecule has 0 aliphatic carbocycles. The molecule has 0 amide bonds. The van der Waals surface area contributed by atoms with Crippen LogP contribution in [0.5, 0.6) is 0 Å². The molecule has 0 unspecified atom stereocenters. The lowest BCUT2D eigenvalue weighted by Gasteiger charge is -2.06. The number of benzene rings is 2. The van der Waals surface area contributed by atoms with Crippen molar-refractivity contribution >= 4 is 10.8 Å². The first-order chi connectivity index (χ1) is 8.42. The molecule has 0 saturated heterocycles. The zero-order valence-electron chi connectivity index (χ0n) is 11.3. The number of hydrogen-bond donors (Lipinski definition) is 0. The highest BCUT2D eigenvalue weighted by Crippen LogP contribution is 2.20. The summed E-state index contributed by atoms with van der Waals surface area (Å²) >= 11 is 0. The molecule has 1 heteroatoms. The van der Waals surface area contributed by atoms with Gasteiger partial charge in [-0.25, -0.2) is 0 Å². The summed E-state index contributed by atoms with van der Waals surface area (Å²) < 4.78 is 0. The summed E-state index contributed by atoms with van der Waals surface area (Å²) in [6.45, 7) is 2.27. The van der Waals surface area contributed by atoms with Gasteiger partial charge in [0.25, 0.3) is 0 Å². The fraction of sp³-hybridized carbons (Fsp3) is 0.412. The summed E-state index contributed by atoms with van der Waals surface area (Å²) in [6, 6.07) is 15.4. The van der Waals surface area contributed by atoms with Gasteiger partial charge in [0.2, 0.25) is 0 Å². The molecular formula is C17H24O. The summed E-state index contributed by atoms with van der Waals surface area (Å²) in [5, 5.41) is 2.81. The van der Waals surface area contributed by atoms with Gasteiger partial charge in [-0.1, -0.05) is 75.1 Å². The first kappa shape index (κ1) is 14.7. The van der Waals surface area contributed by atoms with Crippen LogP contribution in [-0.2, 0) is 6.42 Å². The summed E-state index contributed by atoms with van der Waals surface area (Å²) in [6.07, 6.45) is 8.03. The van der Waals surface area contributed by atoms with E-state index in [0.29, 0.717) is 0 Å². The molecule has 0 saturated carbocycles. The van der Waals surface area contributed by atoms with E-state index in [0.717, 1.165) is 0 Å². The van der Waals surface area contributed by atoms with Gasteiger partial charge in [-0.3, -0.25) is 0 Å². The summed E-state index contributed by atoms with van der Waals surface area (Å²) in [5.74, 6) is 0. The van der Waals surface area contributed by atoms with Crippen LogP contribution in [0, 0.1) is 0 Å². The minimum Gasteiger partial charge on any atom is -0.412 e. The average molecular weight is 244 g/mol. The van der Waals surface area contributed by atoms with Gasteiger partial charge in [-0.2, -0.15) is 0 Å². The molecule has 2 aromatic rings. The fourth-order valence-corrected chi connectivity index (χ4v) is 2.43. The van der Waals surface area contributed by atoms with E-state index >= 15 is 0 Å². The Hall–Kier alpha value is -1.34. The molecular weight excluding hydrogens is 220 g/mol. The van der Waals surface area contributed by atoms with Gasteiger partial charge in [0, 0.05) is 0 Å². The Labute approximate surface area is 110 Å². The second kappa shape index (κ2) is 7.88. The summed E-state index contributed by atoms with van der Waals surface area (Å²) in [5.41, 5.74) is 1.51. The second-order valence-electron chi connectivity index (χ2n) is 4.80. The molecule has 0 bridgehead atoms.